The molecule has 0 saturated heterocycles. The third-order valence-corrected chi connectivity index (χ3v) is 3.56. The standard InChI is InChI=1S/C18H16FN3O2/c1-2-12-6-8-13(9-7-12)10-16-21-22-18(24-16)20-17(23)14-4-3-5-15(19)11-14/h3-9,11H,2,10H2,1H3,(H,20,22,23). The fourth-order valence-electron chi connectivity index (χ4n) is 2.24. The second kappa shape index (κ2) is 7.04. The van der Waals surface area contributed by atoms with Crippen LogP contribution >= 0.6 is 0 Å². The van der Waals surface area contributed by atoms with Crippen molar-refractivity contribution in [2.75, 3.05) is 5.32 Å². The third-order valence-electron chi connectivity index (χ3n) is 3.56. The van der Waals surface area contributed by atoms with Crippen molar-refractivity contribution in [1.29, 1.82) is 0 Å². The Hall–Kier alpha value is -3.02. The van der Waals surface area contributed by atoms with Gasteiger partial charge in [0, 0.05) is 5.56 Å². The van der Waals surface area contributed by atoms with Crippen LogP contribution in [0.3, 0.4) is 0 Å². The van der Waals surface area contributed by atoms with Gasteiger partial charge in [0.15, 0.2) is 0 Å². The third kappa shape index (κ3) is 3.84. The van der Waals surface area contributed by atoms with E-state index in [0.717, 1.165) is 18.1 Å². The number of carbonyl (C=O) groups excluding carboxylic acids is 1. The Morgan fingerprint density at radius 1 is 1.12 bits per heavy atom. The zero-order valence-corrected chi connectivity index (χ0v) is 13.1. The molecule has 0 unspecified atom stereocenters. The number of anilines is 1. The molecule has 6 heteroatoms. The van der Waals surface area contributed by atoms with Crippen LogP contribution < -0.4 is 5.32 Å². The highest BCUT2D eigenvalue weighted by Gasteiger charge is 2.12. The second-order valence-electron chi connectivity index (χ2n) is 5.31. The van der Waals surface area contributed by atoms with Crippen LogP contribution in [-0.4, -0.2) is 16.1 Å². The van der Waals surface area contributed by atoms with Gasteiger partial charge in [-0.25, -0.2) is 4.39 Å². The maximum absolute atomic E-state index is 13.1. The van der Waals surface area contributed by atoms with Crippen molar-refractivity contribution >= 4 is 11.9 Å². The minimum Gasteiger partial charge on any atom is -0.407 e. The molecule has 0 aliphatic carbocycles. The lowest BCUT2D eigenvalue weighted by atomic mass is 10.1. The summed E-state index contributed by atoms with van der Waals surface area (Å²) in [5.41, 5.74) is 2.48. The molecule has 2 aromatic carbocycles. The van der Waals surface area contributed by atoms with Crippen molar-refractivity contribution in [2.45, 2.75) is 19.8 Å². The van der Waals surface area contributed by atoms with Gasteiger partial charge in [-0.15, -0.1) is 5.10 Å². The van der Waals surface area contributed by atoms with Crippen LogP contribution in [0.4, 0.5) is 10.4 Å². The number of aryl methyl sites for hydroxylation is 1. The number of halogens is 1. The monoisotopic (exact) mass is 325 g/mol. The molecule has 3 aromatic rings. The smallest absolute Gasteiger partial charge is 0.322 e. The summed E-state index contributed by atoms with van der Waals surface area (Å²) in [6, 6.07) is 13.5. The largest absolute Gasteiger partial charge is 0.407 e. The lowest BCUT2D eigenvalue weighted by Gasteiger charge is -2.01. The van der Waals surface area contributed by atoms with Crippen molar-refractivity contribution in [3.05, 3.63) is 76.9 Å². The fraction of sp³-hybridized carbons (Fsp3) is 0.167. The summed E-state index contributed by atoms with van der Waals surface area (Å²) in [4.78, 5) is 12.0. The molecule has 5 nitrogen and oxygen atoms in total. The van der Waals surface area contributed by atoms with Crippen molar-refractivity contribution in [3.8, 4) is 0 Å². The fourth-order valence-corrected chi connectivity index (χ4v) is 2.24. The van der Waals surface area contributed by atoms with Gasteiger partial charge >= 0.3 is 6.01 Å². The van der Waals surface area contributed by atoms with Crippen molar-refractivity contribution in [1.82, 2.24) is 10.2 Å². The van der Waals surface area contributed by atoms with Gasteiger partial charge in [-0.2, -0.15) is 0 Å². The maximum atomic E-state index is 13.1. The summed E-state index contributed by atoms with van der Waals surface area (Å²) >= 11 is 0. The maximum Gasteiger partial charge on any atom is 0.322 e. The molecule has 1 amide bonds. The van der Waals surface area contributed by atoms with E-state index in [1.54, 1.807) is 0 Å². The number of nitrogens with one attached hydrogen (secondary N) is 1. The molecule has 0 atom stereocenters. The first-order valence-electron chi connectivity index (χ1n) is 7.61. The van der Waals surface area contributed by atoms with Gasteiger partial charge in [-0.05, 0) is 35.7 Å². The molecular formula is C18H16FN3O2. The molecule has 3 rings (SSSR count). The Morgan fingerprint density at radius 3 is 2.58 bits per heavy atom. The summed E-state index contributed by atoms with van der Waals surface area (Å²) in [6.45, 7) is 2.10. The van der Waals surface area contributed by atoms with Crippen LogP contribution in [0.2, 0.25) is 0 Å². The summed E-state index contributed by atoms with van der Waals surface area (Å²) < 4.78 is 18.6. The summed E-state index contributed by atoms with van der Waals surface area (Å²) in [5, 5.41) is 10.2. The van der Waals surface area contributed by atoms with Gasteiger partial charge in [-0.3, -0.25) is 10.1 Å². The highest BCUT2D eigenvalue weighted by molar-refractivity contribution is 6.03. The first-order valence-corrected chi connectivity index (χ1v) is 7.61. The topological polar surface area (TPSA) is 68.0 Å². The lowest BCUT2D eigenvalue weighted by molar-refractivity contribution is 0.102. The molecule has 1 N–H and O–H groups in total. The van der Waals surface area contributed by atoms with E-state index in [1.165, 1.54) is 23.8 Å². The van der Waals surface area contributed by atoms with Gasteiger partial charge in [0.25, 0.3) is 5.91 Å². The lowest BCUT2D eigenvalue weighted by Crippen LogP contribution is -2.12. The number of hydrogen-bond donors (Lipinski definition) is 1. The van der Waals surface area contributed by atoms with E-state index in [2.05, 4.69) is 34.6 Å². The molecule has 122 valence electrons. The minimum absolute atomic E-state index is 0.00978. The van der Waals surface area contributed by atoms with Crippen LogP contribution in [0.25, 0.3) is 0 Å². The Labute approximate surface area is 138 Å². The normalized spacial score (nSPS) is 10.6. The van der Waals surface area contributed by atoms with E-state index >= 15 is 0 Å². The van der Waals surface area contributed by atoms with E-state index in [0.29, 0.717) is 12.3 Å². The molecule has 0 bridgehead atoms. The average Bonchev–Trinajstić information content (AvgIpc) is 3.02. The highest BCUT2D eigenvalue weighted by atomic mass is 19.1. The SMILES string of the molecule is CCc1ccc(Cc2nnc(NC(=O)c3cccc(F)c3)o2)cc1. The molecule has 0 fully saturated rings. The van der Waals surface area contributed by atoms with Crippen LogP contribution in [0.5, 0.6) is 0 Å². The molecule has 0 saturated carbocycles. The second-order valence-corrected chi connectivity index (χ2v) is 5.31. The molecule has 1 heterocycles. The predicted molar refractivity (Wildman–Crippen MR) is 87.3 cm³/mol. The van der Waals surface area contributed by atoms with E-state index in [4.69, 9.17) is 4.42 Å². The van der Waals surface area contributed by atoms with Gasteiger partial charge in [0.1, 0.15) is 5.82 Å². The number of nitrogens with zero attached hydrogens (tertiary/aromatic N) is 2. The van der Waals surface area contributed by atoms with Crippen molar-refractivity contribution < 1.29 is 13.6 Å². The number of amides is 1. The Kier molecular flexibility index (Phi) is 4.65. The number of rotatable bonds is 5. The van der Waals surface area contributed by atoms with Gasteiger partial charge < -0.3 is 4.42 Å². The van der Waals surface area contributed by atoms with Gasteiger partial charge in [0.05, 0.1) is 6.42 Å². The van der Waals surface area contributed by atoms with Gasteiger partial charge in [0.2, 0.25) is 5.89 Å². The van der Waals surface area contributed by atoms with Crippen LogP contribution in [-0.2, 0) is 12.8 Å². The molecule has 0 spiro atoms. The molecule has 24 heavy (non-hydrogen) atoms. The summed E-state index contributed by atoms with van der Waals surface area (Å²) in [6.07, 6.45) is 1.46. The number of benzene rings is 2. The molecule has 0 aliphatic heterocycles. The van der Waals surface area contributed by atoms with Crippen LogP contribution in [0.1, 0.15) is 34.3 Å². The van der Waals surface area contributed by atoms with E-state index in [9.17, 15) is 9.18 Å². The first kappa shape index (κ1) is 15.9. The Balaban J connectivity index is 1.65. The highest BCUT2D eigenvalue weighted by Crippen LogP contribution is 2.14. The molecule has 1 aromatic heterocycles. The van der Waals surface area contributed by atoms with E-state index in [-0.39, 0.29) is 11.6 Å². The summed E-state index contributed by atoms with van der Waals surface area (Å²) in [5.74, 6) is -0.588. The zero-order valence-electron chi connectivity index (χ0n) is 13.1. The van der Waals surface area contributed by atoms with Gasteiger partial charge in [-0.1, -0.05) is 42.4 Å². The Bertz CT molecular complexity index is 843. The number of hydrogen-bond acceptors (Lipinski definition) is 4. The quantitative estimate of drug-likeness (QED) is 0.778. The van der Waals surface area contributed by atoms with Crippen molar-refractivity contribution in [3.63, 3.8) is 0 Å². The van der Waals surface area contributed by atoms with E-state index in [1.807, 2.05) is 12.1 Å². The zero-order chi connectivity index (χ0) is 16.9. The predicted octanol–water partition coefficient (Wildman–Crippen LogP) is 3.61. The molecule has 0 radical (unpaired) electrons. The Morgan fingerprint density at radius 2 is 1.88 bits per heavy atom. The first-order chi connectivity index (χ1) is 11.6. The minimum atomic E-state index is -0.503. The van der Waals surface area contributed by atoms with Crippen molar-refractivity contribution in [2.24, 2.45) is 0 Å². The number of aromatic nitrogens is 2. The van der Waals surface area contributed by atoms with E-state index < -0.39 is 11.7 Å². The number of carbonyl (C=O) groups is 1. The van der Waals surface area contributed by atoms with Crippen LogP contribution in [0, 0.1) is 5.82 Å². The summed E-state index contributed by atoms with van der Waals surface area (Å²) in [7, 11) is 0. The van der Waals surface area contributed by atoms with Crippen LogP contribution in [0.15, 0.2) is 52.9 Å². The molecule has 0 aliphatic rings. The average molecular weight is 325 g/mol. The molecular weight excluding hydrogens is 309 g/mol.